The Labute approximate surface area is 119 Å². The number of rotatable bonds is 1. The fourth-order valence-corrected chi connectivity index (χ4v) is 4.47. The maximum Gasteiger partial charge on any atom is 0.227 e. The number of hydrogen-bond donors (Lipinski definition) is 1. The van der Waals surface area contributed by atoms with Gasteiger partial charge in [0.25, 0.3) is 0 Å². The molecule has 106 valence electrons. The van der Waals surface area contributed by atoms with E-state index in [0.29, 0.717) is 24.3 Å². The highest BCUT2D eigenvalue weighted by Crippen LogP contribution is 2.48. The molecule has 1 amide bonds. The summed E-state index contributed by atoms with van der Waals surface area (Å²) in [5.74, 6) is 1.50. The van der Waals surface area contributed by atoms with E-state index < -0.39 is 0 Å². The van der Waals surface area contributed by atoms with Crippen molar-refractivity contribution in [3.8, 4) is 0 Å². The van der Waals surface area contributed by atoms with E-state index in [2.05, 4.69) is 11.1 Å². The van der Waals surface area contributed by atoms with Crippen LogP contribution in [-0.2, 0) is 17.8 Å². The van der Waals surface area contributed by atoms with Crippen molar-refractivity contribution in [3.63, 3.8) is 0 Å². The highest BCUT2D eigenvalue weighted by Gasteiger charge is 2.50. The molecule has 0 saturated heterocycles. The Morgan fingerprint density at radius 2 is 2.20 bits per heavy atom. The summed E-state index contributed by atoms with van der Waals surface area (Å²) in [6.45, 7) is 1.51. The predicted molar refractivity (Wildman–Crippen MR) is 75.7 cm³/mol. The number of hydrogen-bond acceptors (Lipinski definition) is 3. The Balaban J connectivity index is 1.53. The molecule has 0 aromatic carbocycles. The quantitative estimate of drug-likeness (QED) is 0.838. The van der Waals surface area contributed by atoms with Gasteiger partial charge in [-0.1, -0.05) is 6.07 Å². The Kier molecular flexibility index (Phi) is 2.81. The first-order chi connectivity index (χ1) is 9.74. The number of amides is 1. The van der Waals surface area contributed by atoms with Gasteiger partial charge in [0.15, 0.2) is 0 Å². The molecule has 2 heterocycles. The Morgan fingerprint density at radius 3 is 3.00 bits per heavy atom. The summed E-state index contributed by atoms with van der Waals surface area (Å²) >= 11 is 0. The minimum absolute atomic E-state index is 0.0759. The number of aromatic nitrogens is 1. The van der Waals surface area contributed by atoms with Crippen molar-refractivity contribution >= 4 is 5.91 Å². The van der Waals surface area contributed by atoms with Crippen molar-refractivity contribution in [1.29, 1.82) is 0 Å². The molecule has 4 unspecified atom stereocenters. The van der Waals surface area contributed by atoms with E-state index in [1.807, 2.05) is 17.2 Å². The lowest BCUT2D eigenvalue weighted by Crippen LogP contribution is -2.48. The molecule has 4 atom stereocenters. The number of nitrogens with two attached hydrogens (primary N) is 1. The van der Waals surface area contributed by atoms with Crippen molar-refractivity contribution in [2.24, 2.45) is 23.5 Å². The minimum atomic E-state index is 0.0759. The van der Waals surface area contributed by atoms with E-state index in [4.69, 9.17) is 5.73 Å². The summed E-state index contributed by atoms with van der Waals surface area (Å²) in [5, 5.41) is 0. The Morgan fingerprint density at radius 1 is 1.35 bits per heavy atom. The molecule has 0 radical (unpaired) electrons. The van der Waals surface area contributed by atoms with Gasteiger partial charge in [-0.25, -0.2) is 0 Å². The summed E-state index contributed by atoms with van der Waals surface area (Å²) in [6, 6.07) is 4.13. The molecule has 3 aliphatic rings. The van der Waals surface area contributed by atoms with Crippen molar-refractivity contribution < 1.29 is 4.79 Å². The normalized spacial score (nSPS) is 35.1. The van der Waals surface area contributed by atoms with Gasteiger partial charge in [-0.3, -0.25) is 9.78 Å². The molecule has 1 aliphatic heterocycles. The van der Waals surface area contributed by atoms with E-state index in [1.165, 1.54) is 24.8 Å². The van der Waals surface area contributed by atoms with Gasteiger partial charge in [-0.2, -0.15) is 0 Å². The van der Waals surface area contributed by atoms with Crippen LogP contribution in [0.15, 0.2) is 18.3 Å². The molecular weight excluding hydrogens is 250 g/mol. The zero-order valence-corrected chi connectivity index (χ0v) is 11.7. The second-order valence-corrected chi connectivity index (χ2v) is 6.56. The summed E-state index contributed by atoms with van der Waals surface area (Å²) in [4.78, 5) is 19.2. The van der Waals surface area contributed by atoms with Gasteiger partial charge in [-0.15, -0.1) is 0 Å². The second kappa shape index (κ2) is 4.55. The number of fused-ring (bicyclic) bond motifs is 3. The first-order valence-corrected chi connectivity index (χ1v) is 7.71. The Bertz CT molecular complexity index is 542. The minimum Gasteiger partial charge on any atom is -0.338 e. The molecule has 20 heavy (non-hydrogen) atoms. The second-order valence-electron chi connectivity index (χ2n) is 6.56. The SMILES string of the molecule is NC1C2CCC(C2)C1C(=O)N1CCc2ncccc2C1. The molecule has 1 aromatic heterocycles. The van der Waals surface area contributed by atoms with E-state index in [9.17, 15) is 4.79 Å². The first kappa shape index (κ1) is 12.3. The van der Waals surface area contributed by atoms with Crippen molar-refractivity contribution in [2.75, 3.05) is 6.54 Å². The largest absolute Gasteiger partial charge is 0.338 e. The molecular formula is C16H21N3O. The van der Waals surface area contributed by atoms with Gasteiger partial charge in [0, 0.05) is 37.4 Å². The average Bonchev–Trinajstić information content (AvgIpc) is 3.07. The van der Waals surface area contributed by atoms with Crippen LogP contribution >= 0.6 is 0 Å². The van der Waals surface area contributed by atoms with Gasteiger partial charge in [-0.05, 0) is 42.7 Å². The summed E-state index contributed by atoms with van der Waals surface area (Å²) < 4.78 is 0. The lowest BCUT2D eigenvalue weighted by molar-refractivity contribution is -0.138. The van der Waals surface area contributed by atoms with Gasteiger partial charge in [0.2, 0.25) is 5.91 Å². The van der Waals surface area contributed by atoms with Crippen molar-refractivity contribution in [3.05, 3.63) is 29.6 Å². The van der Waals surface area contributed by atoms with Gasteiger partial charge in [0.05, 0.1) is 5.92 Å². The van der Waals surface area contributed by atoms with Crippen LogP contribution in [0, 0.1) is 17.8 Å². The van der Waals surface area contributed by atoms with Crippen LogP contribution < -0.4 is 5.73 Å². The van der Waals surface area contributed by atoms with Crippen LogP contribution in [0.2, 0.25) is 0 Å². The summed E-state index contributed by atoms with van der Waals surface area (Å²) in [5.41, 5.74) is 8.65. The zero-order valence-electron chi connectivity index (χ0n) is 11.7. The molecule has 2 bridgehead atoms. The molecule has 2 fully saturated rings. The predicted octanol–water partition coefficient (Wildman–Crippen LogP) is 1.34. The maximum absolute atomic E-state index is 12.8. The number of carbonyl (C=O) groups is 1. The molecule has 4 nitrogen and oxygen atoms in total. The van der Waals surface area contributed by atoms with Gasteiger partial charge < -0.3 is 10.6 Å². The van der Waals surface area contributed by atoms with E-state index in [-0.39, 0.29) is 12.0 Å². The molecule has 2 aliphatic carbocycles. The smallest absolute Gasteiger partial charge is 0.227 e. The van der Waals surface area contributed by atoms with Gasteiger partial charge in [0.1, 0.15) is 0 Å². The average molecular weight is 271 g/mol. The van der Waals surface area contributed by atoms with Crippen LogP contribution in [0.1, 0.15) is 30.5 Å². The van der Waals surface area contributed by atoms with E-state index in [1.54, 1.807) is 0 Å². The standard InChI is InChI=1S/C16H21N3O/c17-15-11-4-3-10(8-11)14(15)16(20)19-7-5-13-12(9-19)2-1-6-18-13/h1-2,6,10-11,14-15H,3-5,7-9,17H2. The fraction of sp³-hybridized carbons (Fsp3) is 0.625. The van der Waals surface area contributed by atoms with Crippen LogP contribution in [-0.4, -0.2) is 28.4 Å². The molecule has 2 saturated carbocycles. The number of nitrogens with zero attached hydrogens (tertiary/aromatic N) is 2. The molecule has 1 aromatic rings. The maximum atomic E-state index is 12.8. The van der Waals surface area contributed by atoms with Crippen molar-refractivity contribution in [1.82, 2.24) is 9.88 Å². The van der Waals surface area contributed by atoms with Crippen LogP contribution in [0.4, 0.5) is 0 Å². The fourth-order valence-electron chi connectivity index (χ4n) is 4.47. The van der Waals surface area contributed by atoms with Crippen LogP contribution in [0.5, 0.6) is 0 Å². The molecule has 2 N–H and O–H groups in total. The third kappa shape index (κ3) is 1.78. The monoisotopic (exact) mass is 271 g/mol. The van der Waals surface area contributed by atoms with Crippen LogP contribution in [0.3, 0.4) is 0 Å². The van der Waals surface area contributed by atoms with E-state index in [0.717, 1.165) is 18.7 Å². The van der Waals surface area contributed by atoms with E-state index >= 15 is 0 Å². The first-order valence-electron chi connectivity index (χ1n) is 7.71. The number of carbonyl (C=O) groups excluding carboxylic acids is 1. The molecule has 4 rings (SSSR count). The lowest BCUT2D eigenvalue weighted by atomic mass is 9.83. The summed E-state index contributed by atoms with van der Waals surface area (Å²) in [6.07, 6.45) is 6.30. The highest BCUT2D eigenvalue weighted by atomic mass is 16.2. The topological polar surface area (TPSA) is 59.2 Å². The lowest BCUT2D eigenvalue weighted by Gasteiger charge is -2.35. The zero-order chi connectivity index (χ0) is 13.7. The third-order valence-corrected chi connectivity index (χ3v) is 5.54. The number of pyridine rings is 1. The van der Waals surface area contributed by atoms with Gasteiger partial charge >= 0.3 is 0 Å². The highest BCUT2D eigenvalue weighted by molar-refractivity contribution is 5.81. The van der Waals surface area contributed by atoms with Crippen molar-refractivity contribution in [2.45, 2.75) is 38.3 Å². The molecule has 4 heteroatoms. The third-order valence-electron chi connectivity index (χ3n) is 5.54. The molecule has 0 spiro atoms. The van der Waals surface area contributed by atoms with Crippen LogP contribution in [0.25, 0.3) is 0 Å². The summed E-state index contributed by atoms with van der Waals surface area (Å²) in [7, 11) is 0. The Hall–Kier alpha value is -1.42.